The van der Waals surface area contributed by atoms with Crippen molar-refractivity contribution in [1.82, 2.24) is 0 Å². The number of hydrogen-bond donors (Lipinski definition) is 0. The van der Waals surface area contributed by atoms with Gasteiger partial charge >= 0.3 is 0 Å². The fraction of sp³-hybridized carbons (Fsp3) is 0.438. The molecule has 1 atom stereocenters. The van der Waals surface area contributed by atoms with Gasteiger partial charge in [0.1, 0.15) is 11.5 Å². The van der Waals surface area contributed by atoms with E-state index in [0.717, 1.165) is 35.1 Å². The summed E-state index contributed by atoms with van der Waals surface area (Å²) in [7, 11) is 1.63. The van der Waals surface area contributed by atoms with E-state index in [0.29, 0.717) is 0 Å². The Balaban J connectivity index is 3.27. The number of benzene rings is 1. The maximum atomic E-state index is 12.2. The van der Waals surface area contributed by atoms with Crippen LogP contribution >= 0.6 is 15.9 Å². The van der Waals surface area contributed by atoms with Crippen LogP contribution < -0.4 is 4.74 Å². The van der Waals surface area contributed by atoms with Crippen molar-refractivity contribution in [1.29, 1.82) is 0 Å². The molecule has 0 radical (unpaired) electrons. The summed E-state index contributed by atoms with van der Waals surface area (Å²) in [5.74, 6) is 0.907. The first-order valence-corrected chi connectivity index (χ1v) is 7.28. The SMILES string of the molecule is C=C(Br)C(CCCC)(C(C)=O)c1ccc(OC)cc1. The average molecular weight is 325 g/mol. The highest BCUT2D eigenvalue weighted by Gasteiger charge is 2.38. The highest BCUT2D eigenvalue weighted by atomic mass is 79.9. The first kappa shape index (κ1) is 16.0. The van der Waals surface area contributed by atoms with Crippen molar-refractivity contribution in [2.45, 2.75) is 38.5 Å². The Hall–Kier alpha value is -1.09. The molecule has 0 saturated heterocycles. The van der Waals surface area contributed by atoms with E-state index in [-0.39, 0.29) is 5.78 Å². The highest BCUT2D eigenvalue weighted by Crippen LogP contribution is 2.41. The summed E-state index contributed by atoms with van der Waals surface area (Å²) >= 11 is 3.45. The number of carbonyl (C=O) groups is 1. The fourth-order valence-corrected chi connectivity index (χ4v) is 3.03. The summed E-state index contributed by atoms with van der Waals surface area (Å²) in [6.07, 6.45) is 2.80. The van der Waals surface area contributed by atoms with Gasteiger partial charge in [0, 0.05) is 4.48 Å². The molecule has 0 fully saturated rings. The molecule has 0 aliphatic heterocycles. The molecule has 0 spiro atoms. The second kappa shape index (κ2) is 6.90. The monoisotopic (exact) mass is 324 g/mol. The average Bonchev–Trinajstić information content (AvgIpc) is 2.39. The molecule has 0 amide bonds. The van der Waals surface area contributed by atoms with Gasteiger partial charge in [-0.05, 0) is 31.0 Å². The lowest BCUT2D eigenvalue weighted by atomic mass is 9.73. The predicted octanol–water partition coefficient (Wildman–Crippen LogP) is 4.62. The summed E-state index contributed by atoms with van der Waals surface area (Å²) in [5, 5.41) is 0. The molecule has 0 aliphatic rings. The largest absolute Gasteiger partial charge is 0.497 e. The molecule has 1 aromatic carbocycles. The van der Waals surface area contributed by atoms with Crippen LogP contribution in [0.5, 0.6) is 5.75 Å². The molecule has 3 heteroatoms. The second-order valence-corrected chi connectivity index (χ2v) is 5.66. The van der Waals surface area contributed by atoms with Crippen LogP contribution in [0.2, 0.25) is 0 Å². The van der Waals surface area contributed by atoms with Crippen molar-refractivity contribution in [2.24, 2.45) is 0 Å². The second-order valence-electron chi connectivity index (χ2n) is 4.70. The van der Waals surface area contributed by atoms with Gasteiger partial charge in [-0.15, -0.1) is 0 Å². The number of rotatable bonds is 7. The quantitative estimate of drug-likeness (QED) is 0.731. The van der Waals surface area contributed by atoms with Crippen LogP contribution in [0.25, 0.3) is 0 Å². The Labute approximate surface area is 124 Å². The zero-order chi connectivity index (χ0) is 14.5. The van der Waals surface area contributed by atoms with Gasteiger partial charge in [0.15, 0.2) is 0 Å². The topological polar surface area (TPSA) is 26.3 Å². The summed E-state index contributed by atoms with van der Waals surface area (Å²) in [6, 6.07) is 7.66. The number of halogens is 1. The first-order valence-electron chi connectivity index (χ1n) is 6.49. The molecule has 1 aromatic rings. The van der Waals surface area contributed by atoms with E-state index >= 15 is 0 Å². The number of ketones is 1. The Morgan fingerprint density at radius 2 is 1.95 bits per heavy atom. The van der Waals surface area contributed by atoms with Gasteiger partial charge in [0.2, 0.25) is 0 Å². The van der Waals surface area contributed by atoms with E-state index in [9.17, 15) is 4.79 Å². The molecule has 0 saturated carbocycles. The van der Waals surface area contributed by atoms with Crippen molar-refractivity contribution < 1.29 is 9.53 Å². The van der Waals surface area contributed by atoms with Crippen LogP contribution in [0.15, 0.2) is 35.3 Å². The summed E-state index contributed by atoms with van der Waals surface area (Å²) < 4.78 is 5.89. The van der Waals surface area contributed by atoms with E-state index in [1.807, 2.05) is 24.3 Å². The number of carbonyl (C=O) groups excluding carboxylic acids is 1. The van der Waals surface area contributed by atoms with E-state index < -0.39 is 5.41 Å². The number of allylic oxidation sites excluding steroid dienone is 1. The summed E-state index contributed by atoms with van der Waals surface area (Å²) in [5.41, 5.74) is 0.332. The fourth-order valence-electron chi connectivity index (χ4n) is 2.32. The molecular weight excluding hydrogens is 304 g/mol. The molecule has 0 aliphatic carbocycles. The Kier molecular flexibility index (Phi) is 5.80. The molecule has 1 unspecified atom stereocenters. The van der Waals surface area contributed by atoms with Crippen LogP contribution in [-0.4, -0.2) is 12.9 Å². The van der Waals surface area contributed by atoms with Gasteiger partial charge < -0.3 is 4.74 Å². The van der Waals surface area contributed by atoms with Gasteiger partial charge in [0.25, 0.3) is 0 Å². The Bertz CT molecular complexity index is 434. The third-order valence-electron chi connectivity index (χ3n) is 3.55. The lowest BCUT2D eigenvalue weighted by molar-refractivity contribution is -0.121. The highest BCUT2D eigenvalue weighted by molar-refractivity contribution is 9.11. The van der Waals surface area contributed by atoms with Crippen molar-refractivity contribution in [3.05, 3.63) is 40.9 Å². The molecule has 1 rings (SSSR count). The number of unbranched alkanes of at least 4 members (excludes halogenated alkanes) is 1. The maximum Gasteiger partial charge on any atom is 0.145 e. The van der Waals surface area contributed by atoms with Crippen molar-refractivity contribution in [3.63, 3.8) is 0 Å². The zero-order valence-corrected chi connectivity index (χ0v) is 13.4. The van der Waals surface area contributed by atoms with Crippen molar-refractivity contribution in [2.75, 3.05) is 7.11 Å². The predicted molar refractivity (Wildman–Crippen MR) is 82.9 cm³/mol. The van der Waals surface area contributed by atoms with Crippen LogP contribution in [-0.2, 0) is 10.2 Å². The molecule has 19 heavy (non-hydrogen) atoms. The van der Waals surface area contributed by atoms with Crippen molar-refractivity contribution in [3.8, 4) is 5.75 Å². The number of methoxy groups -OCH3 is 1. The standard InChI is InChI=1S/C16H21BrO2/c1-5-6-11-16(12(2)17,13(3)18)14-7-9-15(19-4)10-8-14/h7-10H,2,5-6,11H2,1,3-4H3. The maximum absolute atomic E-state index is 12.2. The minimum atomic E-state index is -0.637. The van der Waals surface area contributed by atoms with Crippen LogP contribution in [0, 0.1) is 0 Å². The smallest absolute Gasteiger partial charge is 0.145 e. The lowest BCUT2D eigenvalue weighted by Gasteiger charge is -2.31. The van der Waals surface area contributed by atoms with Crippen LogP contribution in [0.3, 0.4) is 0 Å². The van der Waals surface area contributed by atoms with Gasteiger partial charge in [-0.3, -0.25) is 4.79 Å². The number of hydrogen-bond acceptors (Lipinski definition) is 2. The summed E-state index contributed by atoms with van der Waals surface area (Å²) in [6.45, 7) is 7.74. The molecule has 2 nitrogen and oxygen atoms in total. The van der Waals surface area contributed by atoms with Crippen LogP contribution in [0.4, 0.5) is 0 Å². The van der Waals surface area contributed by atoms with E-state index in [4.69, 9.17) is 4.74 Å². The van der Waals surface area contributed by atoms with E-state index in [1.54, 1.807) is 14.0 Å². The molecule has 0 N–H and O–H groups in total. The first-order chi connectivity index (χ1) is 8.98. The number of Topliss-reactive ketones (excluding diaryl/α,β-unsaturated/α-hetero) is 1. The van der Waals surface area contributed by atoms with E-state index in [2.05, 4.69) is 29.4 Å². The van der Waals surface area contributed by atoms with Gasteiger partial charge in [-0.1, -0.05) is 54.4 Å². The van der Waals surface area contributed by atoms with Crippen LogP contribution in [0.1, 0.15) is 38.7 Å². The van der Waals surface area contributed by atoms with Crippen molar-refractivity contribution >= 4 is 21.7 Å². The molecular formula is C16H21BrO2. The van der Waals surface area contributed by atoms with Gasteiger partial charge in [-0.25, -0.2) is 0 Å². The normalized spacial score (nSPS) is 13.7. The van der Waals surface area contributed by atoms with Gasteiger partial charge in [-0.2, -0.15) is 0 Å². The summed E-state index contributed by atoms with van der Waals surface area (Å²) in [4.78, 5) is 12.2. The van der Waals surface area contributed by atoms with E-state index in [1.165, 1.54) is 0 Å². The Morgan fingerprint density at radius 1 is 1.37 bits per heavy atom. The third-order valence-corrected chi connectivity index (χ3v) is 4.23. The zero-order valence-electron chi connectivity index (χ0n) is 11.8. The molecule has 0 bridgehead atoms. The Morgan fingerprint density at radius 3 is 2.32 bits per heavy atom. The van der Waals surface area contributed by atoms with Gasteiger partial charge in [0.05, 0.1) is 12.5 Å². The third kappa shape index (κ3) is 3.27. The minimum absolute atomic E-state index is 0.119. The lowest BCUT2D eigenvalue weighted by Crippen LogP contribution is -2.34. The molecule has 104 valence electrons. The molecule has 0 aromatic heterocycles. The minimum Gasteiger partial charge on any atom is -0.497 e. The number of ether oxygens (including phenoxy) is 1. The molecule has 0 heterocycles.